The summed E-state index contributed by atoms with van der Waals surface area (Å²) in [5.41, 5.74) is 1.14. The monoisotopic (exact) mass is 304 g/mol. The molecule has 0 heterocycles. The Morgan fingerprint density at radius 3 is 2.75 bits per heavy atom. The maximum atomic E-state index is 6.16. The van der Waals surface area contributed by atoms with Gasteiger partial charge in [0.2, 0.25) is 0 Å². The minimum atomic E-state index is 0.807. The molecular weight excluding hydrogens is 288 g/mol. The molecule has 0 aromatic heterocycles. The van der Waals surface area contributed by atoms with Gasteiger partial charge in [-0.3, -0.25) is 0 Å². The molecule has 1 rings (SSSR count). The number of rotatable bonds is 7. The second-order valence-electron chi connectivity index (χ2n) is 3.60. The Kier molecular flexibility index (Phi) is 7.05. The van der Waals surface area contributed by atoms with Gasteiger partial charge in [0, 0.05) is 11.0 Å². The maximum Gasteiger partial charge on any atom is 0.0592 e. The van der Waals surface area contributed by atoms with Crippen molar-refractivity contribution in [2.45, 2.75) is 19.9 Å². The van der Waals surface area contributed by atoms with Gasteiger partial charge >= 0.3 is 0 Å². The van der Waals surface area contributed by atoms with Crippen molar-refractivity contribution in [1.29, 1.82) is 0 Å². The van der Waals surface area contributed by atoms with E-state index >= 15 is 0 Å². The Balaban J connectivity index is 2.24. The highest BCUT2D eigenvalue weighted by molar-refractivity contribution is 9.10. The highest BCUT2D eigenvalue weighted by Gasteiger charge is 2.02. The summed E-state index contributed by atoms with van der Waals surface area (Å²) < 4.78 is 0.959. The van der Waals surface area contributed by atoms with Gasteiger partial charge in [-0.15, -0.1) is 0 Å². The van der Waals surface area contributed by atoms with Crippen LogP contribution in [0.5, 0.6) is 0 Å². The molecule has 0 aliphatic rings. The van der Waals surface area contributed by atoms with Gasteiger partial charge in [0.1, 0.15) is 0 Å². The van der Waals surface area contributed by atoms with Gasteiger partial charge < -0.3 is 10.6 Å². The number of nitrogens with one attached hydrogen (secondary N) is 2. The first kappa shape index (κ1) is 14.0. The minimum Gasteiger partial charge on any atom is -0.317 e. The van der Waals surface area contributed by atoms with Crippen molar-refractivity contribution in [2.24, 2.45) is 0 Å². The van der Waals surface area contributed by atoms with Gasteiger partial charge in [0.25, 0.3) is 0 Å². The van der Waals surface area contributed by atoms with Crippen molar-refractivity contribution < 1.29 is 0 Å². The largest absolute Gasteiger partial charge is 0.317 e. The van der Waals surface area contributed by atoms with E-state index in [4.69, 9.17) is 11.6 Å². The van der Waals surface area contributed by atoms with Gasteiger partial charge in [0.15, 0.2) is 0 Å². The quantitative estimate of drug-likeness (QED) is 0.756. The Labute approximate surface area is 111 Å². The fraction of sp³-hybridized carbons (Fsp3) is 0.500. The van der Waals surface area contributed by atoms with Crippen LogP contribution in [0.1, 0.15) is 18.9 Å². The summed E-state index contributed by atoms with van der Waals surface area (Å²) in [6, 6.07) is 6.01. The second kappa shape index (κ2) is 8.07. The molecule has 0 unspecified atom stereocenters. The molecule has 0 saturated heterocycles. The third-order valence-corrected chi connectivity index (χ3v) is 3.64. The lowest BCUT2D eigenvalue weighted by atomic mass is 10.2. The molecule has 0 saturated carbocycles. The first-order valence-electron chi connectivity index (χ1n) is 5.60. The lowest BCUT2D eigenvalue weighted by Crippen LogP contribution is -2.21. The minimum absolute atomic E-state index is 0.807. The summed E-state index contributed by atoms with van der Waals surface area (Å²) in [7, 11) is 0. The van der Waals surface area contributed by atoms with E-state index in [1.54, 1.807) is 0 Å². The molecule has 0 aliphatic heterocycles. The van der Waals surface area contributed by atoms with E-state index in [1.165, 1.54) is 0 Å². The first-order valence-corrected chi connectivity index (χ1v) is 6.77. The van der Waals surface area contributed by atoms with Crippen molar-refractivity contribution in [3.63, 3.8) is 0 Å². The summed E-state index contributed by atoms with van der Waals surface area (Å²) in [6.45, 7) is 6.06. The highest BCUT2D eigenvalue weighted by atomic mass is 79.9. The molecule has 0 atom stereocenters. The Bertz CT molecular complexity index is 318. The van der Waals surface area contributed by atoms with Crippen molar-refractivity contribution in [1.82, 2.24) is 10.6 Å². The zero-order chi connectivity index (χ0) is 11.8. The average Bonchev–Trinajstić information content (AvgIpc) is 2.29. The number of halogens is 2. The van der Waals surface area contributed by atoms with Crippen LogP contribution in [0.4, 0.5) is 0 Å². The predicted octanol–water partition coefficient (Wildman–Crippen LogP) is 3.19. The first-order chi connectivity index (χ1) is 7.75. The summed E-state index contributed by atoms with van der Waals surface area (Å²) in [5.74, 6) is 0. The highest BCUT2D eigenvalue weighted by Crippen LogP contribution is 2.25. The van der Waals surface area contributed by atoms with Crippen LogP contribution in [0.3, 0.4) is 0 Å². The summed E-state index contributed by atoms with van der Waals surface area (Å²) >= 11 is 9.58. The van der Waals surface area contributed by atoms with E-state index in [0.717, 1.165) is 47.7 Å². The van der Waals surface area contributed by atoms with E-state index in [2.05, 4.69) is 33.5 Å². The third kappa shape index (κ3) is 4.83. The molecule has 0 fully saturated rings. The number of hydrogen-bond acceptors (Lipinski definition) is 2. The summed E-state index contributed by atoms with van der Waals surface area (Å²) in [4.78, 5) is 0. The Morgan fingerprint density at radius 2 is 2.00 bits per heavy atom. The van der Waals surface area contributed by atoms with E-state index in [9.17, 15) is 0 Å². The molecule has 0 aliphatic carbocycles. The average molecular weight is 306 g/mol. The molecule has 2 nitrogen and oxygen atoms in total. The molecule has 0 bridgehead atoms. The Hall–Kier alpha value is -0.0900. The van der Waals surface area contributed by atoms with E-state index in [0.29, 0.717) is 0 Å². The van der Waals surface area contributed by atoms with Gasteiger partial charge in [-0.2, -0.15) is 0 Å². The van der Waals surface area contributed by atoms with Gasteiger partial charge in [-0.05, 0) is 53.6 Å². The van der Waals surface area contributed by atoms with Crippen LogP contribution in [0, 0.1) is 0 Å². The fourth-order valence-corrected chi connectivity index (χ4v) is 2.02. The molecular formula is C12H18BrClN2. The molecule has 0 spiro atoms. The molecule has 4 heteroatoms. The van der Waals surface area contributed by atoms with Crippen LogP contribution in [-0.4, -0.2) is 19.6 Å². The van der Waals surface area contributed by atoms with Crippen LogP contribution in [0.2, 0.25) is 5.02 Å². The SMILES string of the molecule is CCNCCCNCc1cccc(Br)c1Cl. The summed E-state index contributed by atoms with van der Waals surface area (Å²) in [5, 5.41) is 7.48. The molecule has 90 valence electrons. The Morgan fingerprint density at radius 1 is 1.25 bits per heavy atom. The van der Waals surface area contributed by atoms with Gasteiger partial charge in [0.05, 0.1) is 5.02 Å². The lowest BCUT2D eigenvalue weighted by molar-refractivity contribution is 0.606. The van der Waals surface area contributed by atoms with Crippen molar-refractivity contribution in [3.05, 3.63) is 33.3 Å². The fourth-order valence-electron chi connectivity index (χ4n) is 1.42. The maximum absolute atomic E-state index is 6.16. The number of hydrogen-bond donors (Lipinski definition) is 2. The van der Waals surface area contributed by atoms with Crippen LogP contribution in [0.15, 0.2) is 22.7 Å². The predicted molar refractivity (Wildman–Crippen MR) is 74.0 cm³/mol. The van der Waals surface area contributed by atoms with E-state index in [1.807, 2.05) is 18.2 Å². The van der Waals surface area contributed by atoms with Gasteiger partial charge in [-0.1, -0.05) is 30.7 Å². The molecule has 0 amide bonds. The normalized spacial score (nSPS) is 10.7. The molecule has 1 aromatic rings. The van der Waals surface area contributed by atoms with Crippen molar-refractivity contribution in [2.75, 3.05) is 19.6 Å². The smallest absolute Gasteiger partial charge is 0.0592 e. The van der Waals surface area contributed by atoms with E-state index < -0.39 is 0 Å². The van der Waals surface area contributed by atoms with E-state index in [-0.39, 0.29) is 0 Å². The van der Waals surface area contributed by atoms with Gasteiger partial charge in [-0.25, -0.2) is 0 Å². The zero-order valence-corrected chi connectivity index (χ0v) is 11.9. The third-order valence-electron chi connectivity index (χ3n) is 2.30. The zero-order valence-electron chi connectivity index (χ0n) is 9.52. The van der Waals surface area contributed by atoms with Crippen molar-refractivity contribution >= 4 is 27.5 Å². The topological polar surface area (TPSA) is 24.1 Å². The lowest BCUT2D eigenvalue weighted by Gasteiger charge is -2.08. The van der Waals surface area contributed by atoms with Crippen LogP contribution < -0.4 is 10.6 Å². The summed E-state index contributed by atoms with van der Waals surface area (Å²) in [6.07, 6.45) is 1.14. The second-order valence-corrected chi connectivity index (χ2v) is 4.83. The molecule has 0 radical (unpaired) electrons. The molecule has 16 heavy (non-hydrogen) atoms. The number of benzene rings is 1. The van der Waals surface area contributed by atoms with Crippen LogP contribution in [-0.2, 0) is 6.54 Å². The van der Waals surface area contributed by atoms with Crippen molar-refractivity contribution in [3.8, 4) is 0 Å². The molecule has 1 aromatic carbocycles. The molecule has 2 N–H and O–H groups in total. The standard InChI is InChI=1S/C12H18BrClN2/c1-2-15-7-4-8-16-9-10-5-3-6-11(13)12(10)14/h3,5-6,15-16H,2,4,7-9H2,1H3. The van der Waals surface area contributed by atoms with Crippen LogP contribution in [0.25, 0.3) is 0 Å². The van der Waals surface area contributed by atoms with Crippen LogP contribution >= 0.6 is 27.5 Å².